The fraction of sp³-hybridized carbons (Fsp3) is 0.188. The average Bonchev–Trinajstić information content (AvgIpc) is 3.08. The SMILES string of the molecule is CCSC1=NN2C(=c3cc(Br)ccc3=N[C@@H]2c2ccco2)C(=O)N1. The molecule has 0 bridgehead atoms. The van der Waals surface area contributed by atoms with Gasteiger partial charge in [0, 0.05) is 9.69 Å². The molecular weight excluding hydrogens is 392 g/mol. The zero-order valence-electron chi connectivity index (χ0n) is 12.7. The second kappa shape index (κ2) is 6.10. The molecule has 2 aromatic rings. The number of hydrogen-bond donors (Lipinski definition) is 1. The quantitative estimate of drug-likeness (QED) is 0.829. The number of hydrazone groups is 1. The van der Waals surface area contributed by atoms with Crippen molar-refractivity contribution >= 4 is 44.5 Å². The maximum Gasteiger partial charge on any atom is 0.276 e. The van der Waals surface area contributed by atoms with Crippen LogP contribution >= 0.6 is 27.7 Å². The molecule has 8 heteroatoms. The number of carbonyl (C=O) groups is 1. The van der Waals surface area contributed by atoms with Crippen LogP contribution in [0.4, 0.5) is 0 Å². The standard InChI is InChI=1S/C16H13BrN4O2S/c1-2-24-16-19-15(22)13-10-8-9(17)5-6-11(10)18-14(21(13)20-16)12-4-3-7-23-12/h3-8,14H,2H2,1H3,(H,19,20,22)/t14-/m0/s1. The van der Waals surface area contributed by atoms with Gasteiger partial charge in [-0.15, -0.1) is 5.10 Å². The van der Waals surface area contributed by atoms with Gasteiger partial charge < -0.3 is 4.42 Å². The average molecular weight is 405 g/mol. The van der Waals surface area contributed by atoms with Gasteiger partial charge in [-0.3, -0.25) is 10.1 Å². The lowest BCUT2D eigenvalue weighted by Crippen LogP contribution is -2.50. The number of halogens is 1. The highest BCUT2D eigenvalue weighted by atomic mass is 79.9. The van der Waals surface area contributed by atoms with Crippen LogP contribution in [0.2, 0.25) is 0 Å². The lowest BCUT2D eigenvalue weighted by atomic mass is 10.1. The van der Waals surface area contributed by atoms with Crippen LogP contribution in [0.25, 0.3) is 5.70 Å². The first-order valence-corrected chi connectivity index (χ1v) is 9.18. The van der Waals surface area contributed by atoms with Crippen LogP contribution in [-0.2, 0) is 4.79 Å². The molecule has 1 amide bonds. The van der Waals surface area contributed by atoms with Crippen molar-refractivity contribution in [2.75, 3.05) is 5.75 Å². The molecule has 0 spiro atoms. The van der Waals surface area contributed by atoms with Crippen LogP contribution in [0.1, 0.15) is 18.8 Å². The van der Waals surface area contributed by atoms with E-state index in [1.54, 1.807) is 17.3 Å². The van der Waals surface area contributed by atoms with Crippen molar-refractivity contribution in [2.24, 2.45) is 10.1 Å². The molecule has 0 unspecified atom stereocenters. The molecule has 3 heterocycles. The third-order valence-electron chi connectivity index (χ3n) is 3.65. The van der Waals surface area contributed by atoms with Crippen LogP contribution in [0.15, 0.2) is 55.6 Å². The minimum absolute atomic E-state index is 0.188. The Morgan fingerprint density at radius 1 is 1.42 bits per heavy atom. The Labute approximate surface area is 150 Å². The Kier molecular flexibility index (Phi) is 3.93. The largest absolute Gasteiger partial charge is 0.465 e. The first kappa shape index (κ1) is 15.5. The van der Waals surface area contributed by atoms with Crippen LogP contribution in [-0.4, -0.2) is 21.8 Å². The van der Waals surface area contributed by atoms with Gasteiger partial charge in [-0.2, -0.15) is 0 Å². The van der Waals surface area contributed by atoms with Crippen LogP contribution in [0, 0.1) is 0 Å². The highest BCUT2D eigenvalue weighted by Gasteiger charge is 2.35. The van der Waals surface area contributed by atoms with Gasteiger partial charge in [0.25, 0.3) is 5.91 Å². The van der Waals surface area contributed by atoms with E-state index >= 15 is 0 Å². The molecule has 1 atom stereocenters. The van der Waals surface area contributed by atoms with Crippen LogP contribution in [0.5, 0.6) is 0 Å². The number of carbonyl (C=O) groups excluding carboxylic acids is 1. The maximum absolute atomic E-state index is 12.7. The van der Waals surface area contributed by atoms with Gasteiger partial charge in [-0.25, -0.2) is 10.0 Å². The minimum Gasteiger partial charge on any atom is -0.465 e. The molecule has 1 aromatic heterocycles. The van der Waals surface area contributed by atoms with Crippen LogP contribution < -0.4 is 15.9 Å². The Balaban J connectivity index is 1.98. The molecule has 2 aliphatic rings. The number of thioether (sulfide) groups is 1. The summed E-state index contributed by atoms with van der Waals surface area (Å²) in [5.74, 6) is 1.26. The number of rotatable bonds is 2. The van der Waals surface area contributed by atoms with Crippen molar-refractivity contribution in [1.29, 1.82) is 0 Å². The normalized spacial score (nSPS) is 19.2. The summed E-state index contributed by atoms with van der Waals surface area (Å²) in [6, 6.07) is 9.31. The molecule has 0 saturated heterocycles. The molecule has 0 radical (unpaired) electrons. The van der Waals surface area contributed by atoms with Crippen molar-refractivity contribution < 1.29 is 9.21 Å². The third-order valence-corrected chi connectivity index (χ3v) is 4.89. The zero-order chi connectivity index (χ0) is 16.7. The van der Waals surface area contributed by atoms with E-state index in [-0.39, 0.29) is 5.91 Å². The third kappa shape index (κ3) is 2.55. The van der Waals surface area contributed by atoms with E-state index in [4.69, 9.17) is 9.41 Å². The summed E-state index contributed by atoms with van der Waals surface area (Å²) in [5.41, 5.74) is 0.475. The van der Waals surface area contributed by atoms with Crippen molar-refractivity contribution in [1.82, 2.24) is 10.3 Å². The van der Waals surface area contributed by atoms with E-state index in [1.165, 1.54) is 11.8 Å². The van der Waals surface area contributed by atoms with E-state index in [0.29, 0.717) is 16.6 Å². The van der Waals surface area contributed by atoms with E-state index in [1.807, 2.05) is 31.2 Å². The smallest absolute Gasteiger partial charge is 0.276 e. The number of benzene rings is 1. The van der Waals surface area contributed by atoms with Gasteiger partial charge >= 0.3 is 0 Å². The minimum atomic E-state index is -0.498. The fourth-order valence-electron chi connectivity index (χ4n) is 2.68. The second-order valence-electron chi connectivity index (χ2n) is 5.17. The Hall–Kier alpha value is -2.06. The molecule has 2 aliphatic heterocycles. The highest BCUT2D eigenvalue weighted by Crippen LogP contribution is 2.30. The zero-order valence-corrected chi connectivity index (χ0v) is 15.1. The summed E-state index contributed by atoms with van der Waals surface area (Å²) < 4.78 is 6.41. The fourth-order valence-corrected chi connectivity index (χ4v) is 3.62. The molecule has 0 aliphatic carbocycles. The first-order valence-electron chi connectivity index (χ1n) is 7.40. The Morgan fingerprint density at radius 3 is 3.04 bits per heavy atom. The Bertz CT molecular complexity index is 955. The predicted octanol–water partition coefficient (Wildman–Crippen LogP) is 1.94. The first-order chi connectivity index (χ1) is 11.7. The molecule has 4 rings (SSSR count). The van der Waals surface area contributed by atoms with Crippen LogP contribution in [0.3, 0.4) is 0 Å². The summed E-state index contributed by atoms with van der Waals surface area (Å²) >= 11 is 4.93. The lowest BCUT2D eigenvalue weighted by molar-refractivity contribution is -0.116. The maximum atomic E-state index is 12.7. The van der Waals surface area contributed by atoms with E-state index < -0.39 is 6.17 Å². The summed E-state index contributed by atoms with van der Waals surface area (Å²) in [5, 5.41) is 11.1. The number of nitrogens with zero attached hydrogens (tertiary/aromatic N) is 3. The monoisotopic (exact) mass is 404 g/mol. The summed E-state index contributed by atoms with van der Waals surface area (Å²) in [4.78, 5) is 17.5. The molecule has 122 valence electrons. The molecule has 0 fully saturated rings. The Morgan fingerprint density at radius 2 is 2.29 bits per heavy atom. The highest BCUT2D eigenvalue weighted by molar-refractivity contribution is 9.10. The molecule has 1 N–H and O–H groups in total. The number of hydrogen-bond acceptors (Lipinski definition) is 6. The number of fused-ring (bicyclic) bond motifs is 2. The van der Waals surface area contributed by atoms with E-state index in [2.05, 4.69) is 26.3 Å². The number of amides is 1. The molecule has 0 saturated carbocycles. The molecule has 6 nitrogen and oxygen atoms in total. The van der Waals surface area contributed by atoms with Gasteiger partial charge in [-0.1, -0.05) is 34.6 Å². The molecular formula is C16H13BrN4O2S. The van der Waals surface area contributed by atoms with Crippen molar-refractivity contribution in [3.05, 3.63) is 57.4 Å². The predicted molar refractivity (Wildman–Crippen MR) is 95.3 cm³/mol. The van der Waals surface area contributed by atoms with Crippen molar-refractivity contribution in [2.45, 2.75) is 13.1 Å². The number of furan rings is 1. The lowest BCUT2D eigenvalue weighted by Gasteiger charge is -2.32. The summed E-state index contributed by atoms with van der Waals surface area (Å²) in [6.45, 7) is 2.01. The summed E-state index contributed by atoms with van der Waals surface area (Å²) in [6.07, 6.45) is 1.10. The summed E-state index contributed by atoms with van der Waals surface area (Å²) in [7, 11) is 0. The molecule has 1 aromatic carbocycles. The second-order valence-corrected chi connectivity index (χ2v) is 7.33. The number of nitrogens with one attached hydrogen (secondary N) is 1. The van der Waals surface area contributed by atoms with Gasteiger partial charge in [-0.05, 0) is 36.1 Å². The van der Waals surface area contributed by atoms with Crippen molar-refractivity contribution in [3.8, 4) is 0 Å². The van der Waals surface area contributed by atoms with Crippen molar-refractivity contribution in [3.63, 3.8) is 0 Å². The van der Waals surface area contributed by atoms with Gasteiger partial charge in [0.2, 0.25) is 6.17 Å². The van der Waals surface area contributed by atoms with E-state index in [0.717, 1.165) is 20.8 Å². The topological polar surface area (TPSA) is 70.2 Å². The van der Waals surface area contributed by atoms with E-state index in [9.17, 15) is 4.79 Å². The van der Waals surface area contributed by atoms with Gasteiger partial charge in [0.15, 0.2) is 5.17 Å². The number of amidine groups is 1. The van der Waals surface area contributed by atoms with Gasteiger partial charge in [0.05, 0.1) is 11.6 Å². The van der Waals surface area contributed by atoms with Gasteiger partial charge in [0.1, 0.15) is 11.5 Å². The molecule has 24 heavy (non-hydrogen) atoms.